The predicted molar refractivity (Wildman–Crippen MR) is 82.5 cm³/mol. The van der Waals surface area contributed by atoms with Crippen LogP contribution in [0, 0.1) is 13.8 Å². The molecule has 0 aromatic carbocycles. The topological polar surface area (TPSA) is 63.8 Å². The average Bonchev–Trinajstić information content (AvgIpc) is 2.42. The van der Waals surface area contributed by atoms with Crippen LogP contribution in [-0.2, 0) is 0 Å². The van der Waals surface area contributed by atoms with Crippen LogP contribution in [0.4, 0.5) is 5.82 Å². The molecule has 0 saturated heterocycles. The van der Waals surface area contributed by atoms with E-state index in [0.29, 0.717) is 5.82 Å². The second-order valence-corrected chi connectivity index (χ2v) is 5.02. The van der Waals surface area contributed by atoms with Crippen molar-refractivity contribution in [3.8, 4) is 0 Å². The molecule has 20 heavy (non-hydrogen) atoms. The zero-order valence-corrected chi connectivity index (χ0v) is 12.4. The number of aryl methyl sites for hydroxylation is 2. The van der Waals surface area contributed by atoms with E-state index in [1.807, 2.05) is 31.2 Å². The van der Waals surface area contributed by atoms with Crippen LogP contribution in [-0.4, -0.2) is 16.5 Å². The maximum atomic E-state index is 6.09. The van der Waals surface area contributed by atoms with Gasteiger partial charge in [0.15, 0.2) is 0 Å². The summed E-state index contributed by atoms with van der Waals surface area (Å²) in [5.41, 5.74) is 10.2. The lowest BCUT2D eigenvalue weighted by atomic mass is 9.99. The highest BCUT2D eigenvalue weighted by Gasteiger charge is 2.20. The molecule has 3 N–H and O–H groups in total. The van der Waals surface area contributed by atoms with Crippen LogP contribution in [0.5, 0.6) is 0 Å². The van der Waals surface area contributed by atoms with Crippen molar-refractivity contribution in [2.24, 2.45) is 0 Å². The van der Waals surface area contributed by atoms with E-state index in [-0.39, 0.29) is 6.04 Å². The van der Waals surface area contributed by atoms with Gasteiger partial charge in [-0.1, -0.05) is 13.0 Å². The van der Waals surface area contributed by atoms with Gasteiger partial charge in [-0.15, -0.1) is 0 Å². The van der Waals surface area contributed by atoms with Crippen molar-refractivity contribution in [1.29, 1.82) is 0 Å². The summed E-state index contributed by atoms with van der Waals surface area (Å²) in [6, 6.07) is 8.04. The molecular weight excluding hydrogens is 248 g/mol. The fourth-order valence-corrected chi connectivity index (χ4v) is 2.33. The van der Waals surface area contributed by atoms with Crippen molar-refractivity contribution in [3.05, 3.63) is 53.0 Å². The number of anilines is 1. The highest BCUT2D eigenvalue weighted by Crippen LogP contribution is 2.27. The van der Waals surface area contributed by atoms with Gasteiger partial charge in [0.2, 0.25) is 0 Å². The Morgan fingerprint density at radius 1 is 1.25 bits per heavy atom. The third-order valence-electron chi connectivity index (χ3n) is 3.33. The van der Waals surface area contributed by atoms with Crippen molar-refractivity contribution in [3.63, 3.8) is 0 Å². The molecule has 1 unspecified atom stereocenters. The first-order chi connectivity index (χ1) is 9.63. The second kappa shape index (κ2) is 6.48. The number of nitrogens with zero attached hydrogens (tertiary/aromatic N) is 2. The molecule has 4 heteroatoms. The Morgan fingerprint density at radius 3 is 2.70 bits per heavy atom. The molecule has 0 radical (unpaired) electrons. The predicted octanol–water partition coefficient (Wildman–Crippen LogP) is 2.76. The van der Waals surface area contributed by atoms with Gasteiger partial charge in [-0.25, -0.2) is 4.98 Å². The van der Waals surface area contributed by atoms with Gasteiger partial charge in [0.05, 0.1) is 11.7 Å². The number of nitrogens with one attached hydrogen (secondary N) is 1. The summed E-state index contributed by atoms with van der Waals surface area (Å²) in [4.78, 5) is 8.87. The molecular formula is C16H22N4. The van der Waals surface area contributed by atoms with Gasteiger partial charge < -0.3 is 11.1 Å². The minimum atomic E-state index is -0.0106. The van der Waals surface area contributed by atoms with Crippen molar-refractivity contribution in [2.75, 3.05) is 12.3 Å². The van der Waals surface area contributed by atoms with Crippen molar-refractivity contribution in [1.82, 2.24) is 15.3 Å². The molecule has 0 saturated carbocycles. The van der Waals surface area contributed by atoms with Crippen LogP contribution in [0.3, 0.4) is 0 Å². The summed E-state index contributed by atoms with van der Waals surface area (Å²) in [5.74, 6) is 0.571. The zero-order valence-electron chi connectivity index (χ0n) is 12.4. The number of nitrogens with two attached hydrogens (primary N) is 1. The maximum Gasteiger partial charge on any atom is 0.128 e. The van der Waals surface area contributed by atoms with Crippen molar-refractivity contribution < 1.29 is 0 Å². The Labute approximate surface area is 120 Å². The molecule has 0 aliphatic heterocycles. The molecule has 1 atom stereocenters. The number of nitrogen functional groups attached to an aromatic ring is 1. The van der Waals surface area contributed by atoms with Crippen molar-refractivity contribution >= 4 is 5.82 Å². The Balaban J connectivity index is 2.47. The highest BCUT2D eigenvalue weighted by atomic mass is 15.0. The minimum absolute atomic E-state index is 0.0106. The monoisotopic (exact) mass is 270 g/mol. The van der Waals surface area contributed by atoms with Gasteiger partial charge in [-0.2, -0.15) is 0 Å². The van der Waals surface area contributed by atoms with Gasteiger partial charge in [-0.3, -0.25) is 4.98 Å². The van der Waals surface area contributed by atoms with E-state index in [4.69, 9.17) is 5.73 Å². The van der Waals surface area contributed by atoms with Gasteiger partial charge in [0, 0.05) is 17.5 Å². The van der Waals surface area contributed by atoms with E-state index in [1.165, 1.54) is 0 Å². The number of pyridine rings is 2. The number of hydrogen-bond donors (Lipinski definition) is 2. The van der Waals surface area contributed by atoms with Gasteiger partial charge in [0.1, 0.15) is 5.82 Å². The zero-order chi connectivity index (χ0) is 14.5. The molecule has 2 rings (SSSR count). The Bertz CT molecular complexity index is 560. The smallest absolute Gasteiger partial charge is 0.128 e. The van der Waals surface area contributed by atoms with Gasteiger partial charge >= 0.3 is 0 Å². The third kappa shape index (κ3) is 3.14. The molecule has 0 amide bonds. The molecule has 0 fully saturated rings. The van der Waals surface area contributed by atoms with E-state index < -0.39 is 0 Å². The SMILES string of the molecule is CCCNC(c1cccc(C)n1)c1c(C)ccnc1N. The first-order valence-corrected chi connectivity index (χ1v) is 7.01. The second-order valence-electron chi connectivity index (χ2n) is 5.02. The van der Waals surface area contributed by atoms with Crippen molar-refractivity contribution in [2.45, 2.75) is 33.2 Å². The minimum Gasteiger partial charge on any atom is -0.383 e. The molecule has 0 bridgehead atoms. The fraction of sp³-hybridized carbons (Fsp3) is 0.375. The molecule has 4 nitrogen and oxygen atoms in total. The Morgan fingerprint density at radius 2 is 2.05 bits per heavy atom. The quantitative estimate of drug-likeness (QED) is 0.877. The first-order valence-electron chi connectivity index (χ1n) is 7.01. The lowest BCUT2D eigenvalue weighted by Gasteiger charge is -2.22. The van der Waals surface area contributed by atoms with E-state index >= 15 is 0 Å². The molecule has 2 aromatic heterocycles. The van der Waals surface area contributed by atoms with E-state index in [9.17, 15) is 0 Å². The molecule has 2 heterocycles. The van der Waals surface area contributed by atoms with Gasteiger partial charge in [-0.05, 0) is 50.6 Å². The first kappa shape index (κ1) is 14.5. The third-order valence-corrected chi connectivity index (χ3v) is 3.33. The fourth-order valence-electron chi connectivity index (χ4n) is 2.33. The van der Waals surface area contributed by atoms with Crippen LogP contribution in [0.1, 0.15) is 41.9 Å². The lowest BCUT2D eigenvalue weighted by Crippen LogP contribution is -2.26. The summed E-state index contributed by atoms with van der Waals surface area (Å²) in [5, 5.41) is 3.53. The molecule has 2 aromatic rings. The number of aromatic nitrogens is 2. The molecule has 0 spiro atoms. The van der Waals surface area contributed by atoms with Crippen LogP contribution in [0.15, 0.2) is 30.5 Å². The summed E-state index contributed by atoms with van der Waals surface area (Å²) in [6.07, 6.45) is 2.80. The number of hydrogen-bond acceptors (Lipinski definition) is 4. The van der Waals surface area contributed by atoms with Gasteiger partial charge in [0.25, 0.3) is 0 Å². The standard InChI is InChI=1S/C16H22N4/c1-4-9-18-15(13-7-5-6-12(3)20-13)14-11(2)8-10-19-16(14)17/h5-8,10,15,18H,4,9H2,1-3H3,(H2,17,19). The Kier molecular flexibility index (Phi) is 4.69. The summed E-state index contributed by atoms with van der Waals surface area (Å²) < 4.78 is 0. The van der Waals surface area contributed by atoms with Crippen LogP contribution < -0.4 is 11.1 Å². The molecule has 106 valence electrons. The van der Waals surface area contributed by atoms with Crippen LogP contribution >= 0.6 is 0 Å². The lowest BCUT2D eigenvalue weighted by molar-refractivity contribution is 0.583. The van der Waals surface area contributed by atoms with Crippen LogP contribution in [0.25, 0.3) is 0 Å². The highest BCUT2D eigenvalue weighted by molar-refractivity contribution is 5.49. The summed E-state index contributed by atoms with van der Waals surface area (Å²) >= 11 is 0. The molecule has 0 aliphatic rings. The average molecular weight is 270 g/mol. The van der Waals surface area contributed by atoms with E-state index in [0.717, 1.165) is 35.5 Å². The maximum absolute atomic E-state index is 6.09. The van der Waals surface area contributed by atoms with E-state index in [1.54, 1.807) is 6.20 Å². The summed E-state index contributed by atoms with van der Waals surface area (Å²) in [6.45, 7) is 7.12. The summed E-state index contributed by atoms with van der Waals surface area (Å²) in [7, 11) is 0. The van der Waals surface area contributed by atoms with E-state index in [2.05, 4.69) is 29.1 Å². The normalized spacial score (nSPS) is 12.3. The largest absolute Gasteiger partial charge is 0.383 e. The Hall–Kier alpha value is -1.94. The van der Waals surface area contributed by atoms with Crippen LogP contribution in [0.2, 0.25) is 0 Å². The number of rotatable bonds is 5. The molecule has 0 aliphatic carbocycles.